The highest BCUT2D eigenvalue weighted by Crippen LogP contribution is 2.42. The first-order valence-electron chi connectivity index (χ1n) is 5.89. The van der Waals surface area contributed by atoms with E-state index in [1.54, 1.807) is 17.0 Å². The first kappa shape index (κ1) is 12.3. The van der Waals surface area contributed by atoms with Gasteiger partial charge in [-0.05, 0) is 26.1 Å². The predicted octanol–water partition coefficient (Wildman–Crippen LogP) is 0.955. The molecule has 2 aliphatic heterocycles. The molecule has 3 heterocycles. The minimum atomic E-state index is -0.663. The number of aliphatic hydroxyl groups excluding tert-OH is 1. The van der Waals surface area contributed by atoms with Crippen LogP contribution in [0.3, 0.4) is 0 Å². The fraction of sp³-hybridized carbons (Fsp3) is 0.727. The highest BCUT2D eigenvalue weighted by atomic mass is 32.1. The maximum atomic E-state index is 9.36. The Bertz CT molecular complexity index is 497. The minimum absolute atomic E-state index is 0.102. The predicted molar refractivity (Wildman–Crippen MR) is 64.4 cm³/mol. The zero-order chi connectivity index (χ0) is 12.9. The molecule has 3 rings (SSSR count). The van der Waals surface area contributed by atoms with Gasteiger partial charge in [-0.25, -0.2) is 0 Å². The van der Waals surface area contributed by atoms with E-state index in [4.69, 9.17) is 26.4 Å². The number of nitrogens with zero attached hydrogens (tertiary/aromatic N) is 1. The number of fused-ring (bicyclic) bond motifs is 1. The third-order valence-electron chi connectivity index (χ3n) is 3.26. The highest BCUT2D eigenvalue weighted by Gasteiger charge is 2.55. The molecule has 1 aromatic rings. The molecule has 0 saturated carbocycles. The van der Waals surface area contributed by atoms with Crippen molar-refractivity contribution in [3.63, 3.8) is 0 Å². The Hall–Kier alpha value is -0.730. The van der Waals surface area contributed by atoms with Crippen molar-refractivity contribution < 1.29 is 19.3 Å². The number of aliphatic hydroxyl groups is 1. The number of H-pyrrole nitrogens is 1. The second-order valence-corrected chi connectivity index (χ2v) is 5.37. The molecule has 2 saturated heterocycles. The van der Waals surface area contributed by atoms with E-state index >= 15 is 0 Å². The second kappa shape index (κ2) is 4.14. The van der Waals surface area contributed by atoms with Crippen LogP contribution < -0.4 is 0 Å². The van der Waals surface area contributed by atoms with Crippen molar-refractivity contribution in [2.45, 2.75) is 44.2 Å². The van der Waals surface area contributed by atoms with Crippen LogP contribution in [-0.2, 0) is 14.2 Å². The molecular weight excluding hydrogens is 256 g/mol. The summed E-state index contributed by atoms with van der Waals surface area (Å²) in [7, 11) is 0. The quantitative estimate of drug-likeness (QED) is 0.785. The molecule has 0 amide bonds. The Kier molecular flexibility index (Phi) is 2.83. The summed E-state index contributed by atoms with van der Waals surface area (Å²) in [5.41, 5.74) is 0. The fourth-order valence-electron chi connectivity index (χ4n) is 2.56. The zero-order valence-corrected chi connectivity index (χ0v) is 11.0. The van der Waals surface area contributed by atoms with Crippen LogP contribution in [0.1, 0.15) is 20.1 Å². The van der Waals surface area contributed by atoms with Crippen molar-refractivity contribution >= 4 is 12.2 Å². The SMILES string of the molecule is CC1(C)O[C@@H]2[C@H](O1)[C@@H](CO)O[C@H]2n1cc[nH]c1=S. The van der Waals surface area contributed by atoms with Gasteiger partial charge in [0.25, 0.3) is 0 Å². The van der Waals surface area contributed by atoms with Crippen LogP contribution in [0, 0.1) is 4.77 Å². The smallest absolute Gasteiger partial charge is 0.179 e. The summed E-state index contributed by atoms with van der Waals surface area (Å²) in [6.07, 6.45) is 2.25. The van der Waals surface area contributed by atoms with E-state index in [0.717, 1.165) is 0 Å². The molecular formula is C11H16N2O4S. The molecule has 7 heteroatoms. The van der Waals surface area contributed by atoms with Crippen LogP contribution >= 0.6 is 12.2 Å². The lowest BCUT2D eigenvalue weighted by Gasteiger charge is -2.24. The lowest BCUT2D eigenvalue weighted by atomic mass is 10.1. The Morgan fingerprint density at radius 3 is 2.78 bits per heavy atom. The van der Waals surface area contributed by atoms with Crippen molar-refractivity contribution in [1.82, 2.24) is 9.55 Å². The van der Waals surface area contributed by atoms with Gasteiger partial charge in [0.1, 0.15) is 18.3 Å². The van der Waals surface area contributed by atoms with E-state index in [2.05, 4.69) is 4.98 Å². The standard InChI is InChI=1S/C11H16N2O4S/c1-11(2)16-7-6(5-14)15-9(8(7)17-11)13-4-3-12-10(13)18/h3-4,6-9,14H,5H2,1-2H3,(H,12,18)/t6-,7-,8-,9-/m1/s1. The molecule has 2 N–H and O–H groups in total. The number of aromatic nitrogens is 2. The van der Waals surface area contributed by atoms with Crippen LogP contribution in [0.5, 0.6) is 0 Å². The average molecular weight is 272 g/mol. The van der Waals surface area contributed by atoms with Gasteiger partial charge in [0, 0.05) is 12.4 Å². The van der Waals surface area contributed by atoms with Crippen LogP contribution in [0.25, 0.3) is 0 Å². The van der Waals surface area contributed by atoms with Gasteiger partial charge in [-0.1, -0.05) is 0 Å². The van der Waals surface area contributed by atoms with Crippen molar-refractivity contribution in [2.75, 3.05) is 6.61 Å². The second-order valence-electron chi connectivity index (χ2n) is 4.98. The van der Waals surface area contributed by atoms with Crippen molar-refractivity contribution in [3.05, 3.63) is 17.2 Å². The first-order chi connectivity index (χ1) is 8.52. The summed E-state index contributed by atoms with van der Waals surface area (Å²) < 4.78 is 19.8. The minimum Gasteiger partial charge on any atom is -0.394 e. The molecule has 6 nitrogen and oxygen atoms in total. The number of hydrogen-bond acceptors (Lipinski definition) is 5. The van der Waals surface area contributed by atoms with Gasteiger partial charge in [-0.2, -0.15) is 0 Å². The fourth-order valence-corrected chi connectivity index (χ4v) is 2.79. The zero-order valence-electron chi connectivity index (χ0n) is 10.2. The maximum absolute atomic E-state index is 9.36. The van der Waals surface area contributed by atoms with E-state index < -0.39 is 11.9 Å². The summed E-state index contributed by atoms with van der Waals surface area (Å²) >= 11 is 5.18. The van der Waals surface area contributed by atoms with Crippen molar-refractivity contribution in [1.29, 1.82) is 0 Å². The normalized spacial score (nSPS) is 37.9. The lowest BCUT2D eigenvalue weighted by Crippen LogP contribution is -2.31. The van der Waals surface area contributed by atoms with Crippen LogP contribution in [0.2, 0.25) is 0 Å². The highest BCUT2D eigenvalue weighted by molar-refractivity contribution is 7.71. The Morgan fingerprint density at radius 2 is 2.17 bits per heavy atom. The van der Waals surface area contributed by atoms with E-state index in [0.29, 0.717) is 4.77 Å². The van der Waals surface area contributed by atoms with Gasteiger partial charge in [-0.15, -0.1) is 0 Å². The molecule has 1 aromatic heterocycles. The van der Waals surface area contributed by atoms with Gasteiger partial charge in [0.05, 0.1) is 6.61 Å². The molecule has 0 aliphatic carbocycles. The van der Waals surface area contributed by atoms with E-state index in [1.807, 2.05) is 13.8 Å². The third kappa shape index (κ3) is 1.83. The molecule has 0 radical (unpaired) electrons. The van der Waals surface area contributed by atoms with Gasteiger partial charge in [0.15, 0.2) is 16.8 Å². The molecule has 2 aliphatic rings. The van der Waals surface area contributed by atoms with E-state index in [1.165, 1.54) is 0 Å². The summed E-state index contributed by atoms with van der Waals surface area (Å²) in [5.74, 6) is -0.663. The molecule has 4 atom stereocenters. The average Bonchev–Trinajstić information content (AvgIpc) is 2.91. The number of rotatable bonds is 2. The Labute approximate surface area is 109 Å². The molecule has 100 valence electrons. The number of hydrogen-bond donors (Lipinski definition) is 2. The Morgan fingerprint density at radius 1 is 1.44 bits per heavy atom. The van der Waals surface area contributed by atoms with Gasteiger partial charge in [0.2, 0.25) is 0 Å². The summed E-state index contributed by atoms with van der Waals surface area (Å²) in [6.45, 7) is 3.61. The third-order valence-corrected chi connectivity index (χ3v) is 3.58. The molecule has 2 fully saturated rings. The Balaban J connectivity index is 1.93. The molecule has 18 heavy (non-hydrogen) atoms. The van der Waals surface area contributed by atoms with E-state index in [-0.39, 0.29) is 25.0 Å². The van der Waals surface area contributed by atoms with Gasteiger partial charge < -0.3 is 24.3 Å². The summed E-state index contributed by atoms with van der Waals surface area (Å²) in [5, 5.41) is 9.36. The van der Waals surface area contributed by atoms with Gasteiger partial charge >= 0.3 is 0 Å². The van der Waals surface area contributed by atoms with Gasteiger partial charge in [-0.3, -0.25) is 4.57 Å². The number of ether oxygens (including phenoxy) is 3. The maximum Gasteiger partial charge on any atom is 0.179 e. The number of aromatic amines is 1. The molecule has 0 bridgehead atoms. The molecule has 0 spiro atoms. The van der Waals surface area contributed by atoms with Crippen LogP contribution in [0.4, 0.5) is 0 Å². The van der Waals surface area contributed by atoms with E-state index in [9.17, 15) is 5.11 Å². The number of imidazole rings is 1. The monoisotopic (exact) mass is 272 g/mol. The summed E-state index contributed by atoms with van der Waals surface area (Å²) in [4.78, 5) is 2.92. The molecule has 0 unspecified atom stereocenters. The largest absolute Gasteiger partial charge is 0.394 e. The summed E-state index contributed by atoms with van der Waals surface area (Å²) in [6, 6.07) is 0. The van der Waals surface area contributed by atoms with Crippen molar-refractivity contribution in [3.8, 4) is 0 Å². The van der Waals surface area contributed by atoms with Crippen LogP contribution in [0.15, 0.2) is 12.4 Å². The first-order valence-corrected chi connectivity index (χ1v) is 6.30. The topological polar surface area (TPSA) is 68.6 Å². The molecule has 0 aromatic carbocycles. The lowest BCUT2D eigenvalue weighted by molar-refractivity contribution is -0.200. The van der Waals surface area contributed by atoms with Crippen molar-refractivity contribution in [2.24, 2.45) is 0 Å². The number of nitrogens with one attached hydrogen (secondary N) is 1. The van der Waals surface area contributed by atoms with Crippen LogP contribution in [-0.4, -0.2) is 45.4 Å².